The summed E-state index contributed by atoms with van der Waals surface area (Å²) in [6.07, 6.45) is 3.72. The first-order valence-corrected chi connectivity index (χ1v) is 5.79. The minimum atomic E-state index is 0.707. The van der Waals surface area contributed by atoms with Crippen molar-refractivity contribution in [3.63, 3.8) is 0 Å². The number of nitrogens with zero attached hydrogens (tertiary/aromatic N) is 2. The van der Waals surface area contributed by atoms with Crippen LogP contribution >= 0.6 is 38.5 Å². The monoisotopic (exact) mass is 363 g/mol. The quantitative estimate of drug-likeness (QED) is 0.625. The van der Waals surface area contributed by atoms with E-state index in [2.05, 4.69) is 43.6 Å². The maximum atomic E-state index is 5.87. The Balaban J connectivity index is 2.52. The molecule has 72 valence electrons. The average molecular weight is 364 g/mol. The zero-order chi connectivity index (χ0) is 10.1. The van der Waals surface area contributed by atoms with Crippen LogP contribution in [0.15, 0.2) is 35.1 Å². The van der Waals surface area contributed by atoms with Gasteiger partial charge in [0.2, 0.25) is 0 Å². The van der Waals surface area contributed by atoms with Crippen molar-refractivity contribution < 1.29 is 0 Å². The zero-order valence-corrected chi connectivity index (χ0v) is 10.9. The maximum Gasteiger partial charge on any atom is 0.0876 e. The second-order valence-electron chi connectivity index (χ2n) is 2.81. The summed E-state index contributed by atoms with van der Waals surface area (Å²) >= 11 is 5.58. The van der Waals surface area contributed by atoms with E-state index < -0.39 is 0 Å². The van der Waals surface area contributed by atoms with Crippen LogP contribution in [-0.2, 0) is 0 Å². The second kappa shape index (κ2) is 3.90. The molecule has 1 aromatic carbocycles. The standard InChI is InChI=1S/C9H7BrIN3/c10-6-1-2-9(8(12)3-6)14-5-7(11)4-13-14/h1-5H,12H2. The van der Waals surface area contributed by atoms with Gasteiger partial charge in [0.05, 0.1) is 21.1 Å². The van der Waals surface area contributed by atoms with E-state index in [0.717, 1.165) is 13.7 Å². The fourth-order valence-corrected chi connectivity index (χ4v) is 1.93. The van der Waals surface area contributed by atoms with E-state index in [4.69, 9.17) is 5.73 Å². The van der Waals surface area contributed by atoms with Crippen LogP contribution in [0.5, 0.6) is 0 Å². The molecule has 0 aliphatic heterocycles. The normalized spacial score (nSPS) is 10.4. The lowest BCUT2D eigenvalue weighted by atomic mass is 10.3. The number of rotatable bonds is 1. The topological polar surface area (TPSA) is 43.8 Å². The Labute approximate surface area is 104 Å². The van der Waals surface area contributed by atoms with Crippen LogP contribution in [-0.4, -0.2) is 9.78 Å². The summed E-state index contributed by atoms with van der Waals surface area (Å²) in [6.45, 7) is 0. The van der Waals surface area contributed by atoms with Gasteiger partial charge in [-0.3, -0.25) is 0 Å². The summed E-state index contributed by atoms with van der Waals surface area (Å²) in [6, 6.07) is 5.74. The van der Waals surface area contributed by atoms with Crippen LogP contribution in [0.25, 0.3) is 5.69 Å². The van der Waals surface area contributed by atoms with Crippen molar-refractivity contribution in [3.05, 3.63) is 38.6 Å². The van der Waals surface area contributed by atoms with E-state index in [1.54, 1.807) is 10.9 Å². The Kier molecular flexibility index (Phi) is 2.78. The van der Waals surface area contributed by atoms with Crippen molar-refractivity contribution >= 4 is 44.2 Å². The van der Waals surface area contributed by atoms with Gasteiger partial charge in [-0.1, -0.05) is 15.9 Å². The van der Waals surface area contributed by atoms with Crippen LogP contribution in [0.3, 0.4) is 0 Å². The Morgan fingerprint density at radius 3 is 2.79 bits per heavy atom. The molecule has 0 spiro atoms. The minimum Gasteiger partial charge on any atom is -0.397 e. The fraction of sp³-hybridized carbons (Fsp3) is 0. The van der Waals surface area contributed by atoms with Gasteiger partial charge in [-0.15, -0.1) is 0 Å². The van der Waals surface area contributed by atoms with Crippen molar-refractivity contribution in [2.75, 3.05) is 5.73 Å². The lowest BCUT2D eigenvalue weighted by Crippen LogP contribution is -1.99. The first-order valence-electron chi connectivity index (χ1n) is 3.92. The summed E-state index contributed by atoms with van der Waals surface area (Å²) in [5.41, 5.74) is 7.48. The molecule has 0 atom stereocenters. The van der Waals surface area contributed by atoms with Crippen molar-refractivity contribution in [2.24, 2.45) is 0 Å². The molecule has 0 radical (unpaired) electrons. The summed E-state index contributed by atoms with van der Waals surface area (Å²) in [4.78, 5) is 0. The molecule has 1 heterocycles. The molecule has 0 amide bonds. The first-order chi connectivity index (χ1) is 6.66. The van der Waals surface area contributed by atoms with Gasteiger partial charge in [0, 0.05) is 10.7 Å². The van der Waals surface area contributed by atoms with Gasteiger partial charge >= 0.3 is 0 Å². The summed E-state index contributed by atoms with van der Waals surface area (Å²) in [5.74, 6) is 0. The molecule has 0 saturated heterocycles. The van der Waals surface area contributed by atoms with Gasteiger partial charge in [-0.25, -0.2) is 4.68 Å². The lowest BCUT2D eigenvalue weighted by Gasteiger charge is -2.05. The minimum absolute atomic E-state index is 0.707. The Bertz CT molecular complexity index is 467. The van der Waals surface area contributed by atoms with Crippen LogP contribution in [0.1, 0.15) is 0 Å². The van der Waals surface area contributed by atoms with E-state index in [0.29, 0.717) is 5.69 Å². The van der Waals surface area contributed by atoms with Crippen LogP contribution in [0, 0.1) is 3.57 Å². The molecule has 2 N–H and O–H groups in total. The lowest BCUT2D eigenvalue weighted by molar-refractivity contribution is 0.882. The summed E-state index contributed by atoms with van der Waals surface area (Å²) in [5, 5.41) is 4.19. The van der Waals surface area contributed by atoms with Gasteiger partial charge in [0.25, 0.3) is 0 Å². The molecular formula is C9H7BrIN3. The number of anilines is 1. The number of benzene rings is 1. The van der Waals surface area contributed by atoms with Crippen molar-refractivity contribution in [1.82, 2.24) is 9.78 Å². The number of nitrogens with two attached hydrogens (primary N) is 1. The highest BCUT2D eigenvalue weighted by Gasteiger charge is 2.03. The highest BCUT2D eigenvalue weighted by molar-refractivity contribution is 14.1. The maximum absolute atomic E-state index is 5.87. The number of nitrogen functional groups attached to an aromatic ring is 1. The summed E-state index contributed by atoms with van der Waals surface area (Å²) in [7, 11) is 0. The Hall–Kier alpha value is -0.560. The Morgan fingerprint density at radius 1 is 1.43 bits per heavy atom. The van der Waals surface area contributed by atoms with E-state index in [1.165, 1.54) is 0 Å². The van der Waals surface area contributed by atoms with Gasteiger partial charge in [0.1, 0.15) is 0 Å². The molecule has 0 saturated carbocycles. The Morgan fingerprint density at radius 2 is 2.21 bits per heavy atom. The van der Waals surface area contributed by atoms with Crippen LogP contribution < -0.4 is 5.73 Å². The zero-order valence-electron chi connectivity index (χ0n) is 7.11. The van der Waals surface area contributed by atoms with Crippen LogP contribution in [0.2, 0.25) is 0 Å². The van der Waals surface area contributed by atoms with E-state index in [1.807, 2.05) is 24.4 Å². The predicted octanol–water partition coefficient (Wildman–Crippen LogP) is 2.82. The SMILES string of the molecule is Nc1cc(Br)ccc1-n1cc(I)cn1. The molecule has 2 aromatic rings. The summed E-state index contributed by atoms with van der Waals surface area (Å²) < 4.78 is 3.83. The molecule has 0 fully saturated rings. The molecule has 3 nitrogen and oxygen atoms in total. The number of halogens is 2. The third kappa shape index (κ3) is 1.93. The third-order valence-corrected chi connectivity index (χ3v) is 2.84. The molecule has 5 heteroatoms. The smallest absolute Gasteiger partial charge is 0.0876 e. The predicted molar refractivity (Wildman–Crippen MR) is 68.4 cm³/mol. The van der Waals surface area contributed by atoms with E-state index >= 15 is 0 Å². The molecular weight excluding hydrogens is 357 g/mol. The van der Waals surface area contributed by atoms with Crippen molar-refractivity contribution in [1.29, 1.82) is 0 Å². The number of hydrogen-bond acceptors (Lipinski definition) is 2. The van der Waals surface area contributed by atoms with Gasteiger partial charge < -0.3 is 5.73 Å². The van der Waals surface area contributed by atoms with Crippen molar-refractivity contribution in [2.45, 2.75) is 0 Å². The highest BCUT2D eigenvalue weighted by Crippen LogP contribution is 2.21. The third-order valence-electron chi connectivity index (χ3n) is 1.79. The van der Waals surface area contributed by atoms with Crippen LogP contribution in [0.4, 0.5) is 5.69 Å². The highest BCUT2D eigenvalue weighted by atomic mass is 127. The second-order valence-corrected chi connectivity index (χ2v) is 4.97. The molecule has 0 unspecified atom stereocenters. The molecule has 0 aliphatic carbocycles. The van der Waals surface area contributed by atoms with Gasteiger partial charge in [0.15, 0.2) is 0 Å². The molecule has 1 aromatic heterocycles. The van der Waals surface area contributed by atoms with Gasteiger partial charge in [-0.2, -0.15) is 5.10 Å². The molecule has 2 rings (SSSR count). The molecule has 0 bridgehead atoms. The first kappa shape index (κ1) is 9.97. The number of hydrogen-bond donors (Lipinski definition) is 1. The van der Waals surface area contributed by atoms with Gasteiger partial charge in [-0.05, 0) is 40.8 Å². The fourth-order valence-electron chi connectivity index (χ4n) is 1.17. The largest absolute Gasteiger partial charge is 0.397 e. The van der Waals surface area contributed by atoms with E-state index in [-0.39, 0.29) is 0 Å². The molecule has 0 aliphatic rings. The average Bonchev–Trinajstić information content (AvgIpc) is 2.51. The molecule has 14 heavy (non-hydrogen) atoms. The van der Waals surface area contributed by atoms with Crippen molar-refractivity contribution in [3.8, 4) is 5.69 Å². The number of aromatic nitrogens is 2. The van der Waals surface area contributed by atoms with E-state index in [9.17, 15) is 0 Å².